The summed E-state index contributed by atoms with van der Waals surface area (Å²) in [6.45, 7) is 0.514. The van der Waals surface area contributed by atoms with Crippen LogP contribution >= 0.6 is 11.6 Å². The fourth-order valence-corrected chi connectivity index (χ4v) is 2.79. The number of rotatable bonds is 7. The summed E-state index contributed by atoms with van der Waals surface area (Å²) < 4.78 is 12.9. The maximum Gasteiger partial charge on any atom is 0.255 e. The molecule has 0 heterocycles. The van der Waals surface area contributed by atoms with Crippen LogP contribution in [0.1, 0.15) is 31.1 Å². The molecule has 0 unspecified atom stereocenters. The molecule has 0 bridgehead atoms. The summed E-state index contributed by atoms with van der Waals surface area (Å²) in [7, 11) is 0. The molecule has 158 valence electrons. The first-order chi connectivity index (χ1) is 14.9. The number of anilines is 1. The third-order valence-electron chi connectivity index (χ3n) is 4.31. The van der Waals surface area contributed by atoms with Crippen molar-refractivity contribution in [1.82, 2.24) is 10.6 Å². The van der Waals surface area contributed by atoms with Crippen LogP contribution in [0.5, 0.6) is 0 Å². The van der Waals surface area contributed by atoms with Crippen LogP contribution in [0.2, 0.25) is 5.02 Å². The van der Waals surface area contributed by atoms with Crippen molar-refractivity contribution in [2.75, 3.05) is 18.4 Å². The zero-order valence-electron chi connectivity index (χ0n) is 16.3. The highest BCUT2D eigenvalue weighted by molar-refractivity contribution is 6.30. The zero-order chi connectivity index (χ0) is 22.2. The molecular weight excluding hydrogens is 421 g/mol. The zero-order valence-corrected chi connectivity index (χ0v) is 17.1. The van der Waals surface area contributed by atoms with E-state index >= 15 is 0 Å². The lowest BCUT2D eigenvalue weighted by molar-refractivity contribution is 0.0927. The fraction of sp³-hybridized carbons (Fsp3) is 0.0870. The second-order valence-electron chi connectivity index (χ2n) is 6.56. The Morgan fingerprint density at radius 3 is 1.58 bits per heavy atom. The van der Waals surface area contributed by atoms with E-state index in [1.807, 2.05) is 0 Å². The van der Waals surface area contributed by atoms with Gasteiger partial charge >= 0.3 is 0 Å². The summed E-state index contributed by atoms with van der Waals surface area (Å²) in [4.78, 5) is 36.4. The van der Waals surface area contributed by atoms with Gasteiger partial charge in [-0.1, -0.05) is 11.6 Å². The molecule has 0 aliphatic rings. The third kappa shape index (κ3) is 6.38. The van der Waals surface area contributed by atoms with Crippen LogP contribution in [-0.4, -0.2) is 30.8 Å². The quantitative estimate of drug-likeness (QED) is 0.488. The number of halogens is 2. The van der Waals surface area contributed by atoms with Crippen LogP contribution in [0.3, 0.4) is 0 Å². The SMILES string of the molecule is O=C(NCCNC(=O)c1ccc(NC(=O)c2ccc(F)cc2)cc1)c1ccc(Cl)cc1. The molecule has 3 amide bonds. The van der Waals surface area contributed by atoms with Crippen molar-refractivity contribution in [1.29, 1.82) is 0 Å². The molecule has 3 N–H and O–H groups in total. The lowest BCUT2D eigenvalue weighted by atomic mass is 10.1. The Hall–Kier alpha value is -3.71. The van der Waals surface area contributed by atoms with E-state index in [1.54, 1.807) is 48.5 Å². The minimum absolute atomic E-state index is 0.251. The Bertz CT molecular complexity index is 1070. The number of benzene rings is 3. The minimum Gasteiger partial charge on any atom is -0.350 e. The van der Waals surface area contributed by atoms with Crippen molar-refractivity contribution in [2.24, 2.45) is 0 Å². The molecule has 31 heavy (non-hydrogen) atoms. The van der Waals surface area contributed by atoms with Gasteiger partial charge in [-0.15, -0.1) is 0 Å². The van der Waals surface area contributed by atoms with Crippen LogP contribution in [0.25, 0.3) is 0 Å². The highest BCUT2D eigenvalue weighted by atomic mass is 35.5. The average Bonchev–Trinajstić information content (AvgIpc) is 2.78. The topological polar surface area (TPSA) is 87.3 Å². The van der Waals surface area contributed by atoms with E-state index in [1.165, 1.54) is 24.3 Å². The van der Waals surface area contributed by atoms with Gasteiger partial charge in [0.25, 0.3) is 17.7 Å². The van der Waals surface area contributed by atoms with Gasteiger partial charge in [-0.3, -0.25) is 14.4 Å². The number of nitrogens with one attached hydrogen (secondary N) is 3. The van der Waals surface area contributed by atoms with Crippen molar-refractivity contribution in [3.05, 3.63) is 100 Å². The predicted molar refractivity (Wildman–Crippen MR) is 117 cm³/mol. The summed E-state index contributed by atoms with van der Waals surface area (Å²) in [5.41, 5.74) is 1.71. The molecule has 0 aliphatic heterocycles. The second kappa shape index (κ2) is 10.4. The first-order valence-electron chi connectivity index (χ1n) is 9.41. The van der Waals surface area contributed by atoms with Crippen LogP contribution in [0.4, 0.5) is 10.1 Å². The van der Waals surface area contributed by atoms with E-state index in [9.17, 15) is 18.8 Å². The maximum absolute atomic E-state index is 12.9. The lowest BCUT2D eigenvalue weighted by Crippen LogP contribution is -2.34. The van der Waals surface area contributed by atoms with E-state index in [4.69, 9.17) is 11.6 Å². The number of carbonyl (C=O) groups excluding carboxylic acids is 3. The molecule has 0 aliphatic carbocycles. The fourth-order valence-electron chi connectivity index (χ4n) is 2.67. The standard InChI is InChI=1S/C23H19ClFN3O3/c24-18-7-1-15(2-8-18)21(29)26-13-14-27-22(30)16-5-11-20(12-6-16)28-23(31)17-3-9-19(25)10-4-17/h1-12H,13-14H2,(H,26,29)(H,27,30)(H,28,31). The Balaban J connectivity index is 1.44. The highest BCUT2D eigenvalue weighted by Crippen LogP contribution is 2.12. The molecule has 3 aromatic carbocycles. The minimum atomic E-state index is -0.420. The van der Waals surface area contributed by atoms with Gasteiger partial charge in [-0.05, 0) is 72.8 Å². The number of hydrogen-bond acceptors (Lipinski definition) is 3. The summed E-state index contributed by atoms with van der Waals surface area (Å²) >= 11 is 5.79. The molecule has 6 nitrogen and oxygen atoms in total. The van der Waals surface area contributed by atoms with Crippen LogP contribution in [-0.2, 0) is 0 Å². The Morgan fingerprint density at radius 2 is 1.06 bits per heavy atom. The monoisotopic (exact) mass is 439 g/mol. The molecular formula is C23H19ClFN3O3. The van der Waals surface area contributed by atoms with Gasteiger partial charge in [0.15, 0.2) is 0 Å². The van der Waals surface area contributed by atoms with E-state index in [-0.39, 0.29) is 30.8 Å². The Labute approximate surface area is 183 Å². The number of carbonyl (C=O) groups is 3. The smallest absolute Gasteiger partial charge is 0.255 e. The first kappa shape index (κ1) is 22.0. The summed E-state index contributed by atoms with van der Waals surface area (Å²) in [5, 5.41) is 8.64. The van der Waals surface area contributed by atoms with Gasteiger partial charge in [0.1, 0.15) is 5.82 Å². The van der Waals surface area contributed by atoms with Gasteiger partial charge < -0.3 is 16.0 Å². The Morgan fingerprint density at radius 1 is 0.645 bits per heavy atom. The molecule has 0 saturated heterocycles. The first-order valence-corrected chi connectivity index (χ1v) is 9.79. The summed E-state index contributed by atoms with van der Waals surface area (Å²) in [6.07, 6.45) is 0. The third-order valence-corrected chi connectivity index (χ3v) is 4.57. The number of amides is 3. The molecule has 0 fully saturated rings. The van der Waals surface area contributed by atoms with Gasteiger partial charge in [-0.25, -0.2) is 4.39 Å². The molecule has 0 radical (unpaired) electrons. The van der Waals surface area contributed by atoms with Gasteiger partial charge in [-0.2, -0.15) is 0 Å². The molecule has 0 saturated carbocycles. The van der Waals surface area contributed by atoms with Crippen molar-refractivity contribution in [2.45, 2.75) is 0 Å². The van der Waals surface area contributed by atoms with Crippen LogP contribution < -0.4 is 16.0 Å². The average molecular weight is 440 g/mol. The second-order valence-corrected chi connectivity index (χ2v) is 6.99. The maximum atomic E-state index is 12.9. The van der Waals surface area contributed by atoms with E-state index in [2.05, 4.69) is 16.0 Å². The van der Waals surface area contributed by atoms with Gasteiger partial charge in [0.2, 0.25) is 0 Å². The van der Waals surface area contributed by atoms with Crippen LogP contribution in [0.15, 0.2) is 72.8 Å². The van der Waals surface area contributed by atoms with Gasteiger partial charge in [0.05, 0.1) is 0 Å². The largest absolute Gasteiger partial charge is 0.350 e. The van der Waals surface area contributed by atoms with E-state index in [0.717, 1.165) is 0 Å². The predicted octanol–water partition coefficient (Wildman–Crippen LogP) is 3.89. The number of hydrogen-bond donors (Lipinski definition) is 3. The van der Waals surface area contributed by atoms with E-state index < -0.39 is 5.82 Å². The molecule has 3 rings (SSSR count). The summed E-state index contributed by atoms with van der Waals surface area (Å²) in [5.74, 6) is -1.37. The molecule has 0 atom stereocenters. The van der Waals surface area contributed by atoms with Crippen molar-refractivity contribution >= 4 is 35.0 Å². The van der Waals surface area contributed by atoms with E-state index in [0.29, 0.717) is 27.4 Å². The molecule has 3 aromatic rings. The Kier molecular flexibility index (Phi) is 7.35. The molecule has 8 heteroatoms. The molecule has 0 spiro atoms. The molecule has 0 aromatic heterocycles. The van der Waals surface area contributed by atoms with Crippen molar-refractivity contribution in [3.63, 3.8) is 0 Å². The van der Waals surface area contributed by atoms with Crippen molar-refractivity contribution < 1.29 is 18.8 Å². The highest BCUT2D eigenvalue weighted by Gasteiger charge is 2.09. The normalized spacial score (nSPS) is 10.3. The van der Waals surface area contributed by atoms with Crippen LogP contribution in [0, 0.1) is 5.82 Å². The van der Waals surface area contributed by atoms with Gasteiger partial charge in [0, 0.05) is 40.5 Å². The summed E-state index contributed by atoms with van der Waals surface area (Å²) in [6, 6.07) is 18.0. The lowest BCUT2D eigenvalue weighted by Gasteiger charge is -2.09. The van der Waals surface area contributed by atoms with Crippen molar-refractivity contribution in [3.8, 4) is 0 Å².